The number of carbonyl (C=O) groups is 2. The molecule has 162 valence electrons. The molecule has 1 fully saturated rings. The highest BCUT2D eigenvalue weighted by atomic mass is 35.5. The fourth-order valence-corrected chi connectivity index (χ4v) is 4.57. The summed E-state index contributed by atoms with van der Waals surface area (Å²) >= 11 is 12.1. The van der Waals surface area contributed by atoms with Crippen molar-refractivity contribution in [2.75, 3.05) is 18.6 Å². The molecule has 0 bridgehead atoms. The largest absolute Gasteiger partial charge is 0.393 e. The van der Waals surface area contributed by atoms with Gasteiger partial charge in [-0.15, -0.1) is 0 Å². The number of anilines is 1. The second-order valence-corrected chi connectivity index (χ2v) is 9.59. The molecule has 3 amide bonds. The maximum absolute atomic E-state index is 13.6. The minimum Gasteiger partial charge on any atom is -0.393 e. The van der Waals surface area contributed by atoms with E-state index < -0.39 is 24.1 Å². The van der Waals surface area contributed by atoms with Crippen LogP contribution in [0.4, 0.5) is 10.5 Å². The molecule has 0 spiro atoms. The fraction of sp³-hybridized carbons (Fsp3) is 0.478. The number of nitrogens with zero attached hydrogens (tertiary/aromatic N) is 2. The lowest BCUT2D eigenvalue weighted by atomic mass is 9.68. The van der Waals surface area contributed by atoms with E-state index in [-0.39, 0.29) is 16.4 Å². The summed E-state index contributed by atoms with van der Waals surface area (Å²) in [7, 11) is 1.54. The number of likely N-dealkylation sites (N-methyl/N-ethyl adjacent to an activating group) is 1. The summed E-state index contributed by atoms with van der Waals surface area (Å²) < 4.78 is 0. The van der Waals surface area contributed by atoms with Gasteiger partial charge in [0.2, 0.25) is 0 Å². The molecular formula is C23H28Cl2N2O3. The van der Waals surface area contributed by atoms with E-state index in [4.69, 9.17) is 23.2 Å². The van der Waals surface area contributed by atoms with E-state index in [1.165, 1.54) is 11.0 Å². The Balaban J connectivity index is 2.09. The summed E-state index contributed by atoms with van der Waals surface area (Å²) in [5.41, 5.74) is -0.533. The van der Waals surface area contributed by atoms with E-state index in [1.807, 2.05) is 12.2 Å². The lowest BCUT2D eigenvalue weighted by Gasteiger charge is -2.37. The van der Waals surface area contributed by atoms with Crippen LogP contribution < -0.4 is 4.90 Å². The number of hydrogen-bond acceptors (Lipinski definition) is 3. The molecule has 1 aliphatic carbocycles. The Hall–Kier alpha value is -1.82. The molecule has 1 saturated heterocycles. The number of amides is 3. The molecule has 30 heavy (non-hydrogen) atoms. The Morgan fingerprint density at radius 2 is 1.90 bits per heavy atom. The summed E-state index contributed by atoms with van der Waals surface area (Å²) in [6, 6.07) is 4.07. The van der Waals surface area contributed by atoms with Crippen LogP contribution in [-0.4, -0.2) is 41.1 Å². The highest BCUT2D eigenvalue weighted by Crippen LogP contribution is 2.45. The molecule has 1 aromatic carbocycles. The van der Waals surface area contributed by atoms with E-state index in [0.29, 0.717) is 22.2 Å². The van der Waals surface area contributed by atoms with Crippen LogP contribution in [-0.2, 0) is 4.79 Å². The second-order valence-electron chi connectivity index (χ2n) is 8.77. The Kier molecular flexibility index (Phi) is 6.11. The molecule has 1 aromatic rings. The molecule has 3 unspecified atom stereocenters. The Labute approximate surface area is 187 Å². The van der Waals surface area contributed by atoms with Crippen molar-refractivity contribution in [2.45, 2.75) is 39.7 Å². The number of hydrogen-bond donors (Lipinski definition) is 1. The Morgan fingerprint density at radius 1 is 1.23 bits per heavy atom. The highest BCUT2D eigenvalue weighted by molar-refractivity contribution is 6.42. The first-order valence-electron chi connectivity index (χ1n) is 10.1. The van der Waals surface area contributed by atoms with Crippen LogP contribution in [0.15, 0.2) is 42.0 Å². The van der Waals surface area contributed by atoms with Crippen LogP contribution >= 0.6 is 23.2 Å². The van der Waals surface area contributed by atoms with Crippen molar-refractivity contribution in [3.05, 3.63) is 52.0 Å². The normalized spacial score (nSPS) is 29.6. The van der Waals surface area contributed by atoms with Gasteiger partial charge in [0.15, 0.2) is 5.54 Å². The van der Waals surface area contributed by atoms with E-state index in [1.54, 1.807) is 19.2 Å². The minimum absolute atomic E-state index is 0.00250. The van der Waals surface area contributed by atoms with Crippen LogP contribution in [0, 0.1) is 17.3 Å². The molecule has 0 saturated carbocycles. The van der Waals surface area contributed by atoms with E-state index in [0.717, 1.165) is 11.3 Å². The van der Waals surface area contributed by atoms with Crippen LogP contribution in [0.2, 0.25) is 10.0 Å². The van der Waals surface area contributed by atoms with Crippen LogP contribution in [0.25, 0.3) is 0 Å². The van der Waals surface area contributed by atoms with Crippen molar-refractivity contribution in [3.8, 4) is 0 Å². The Morgan fingerprint density at radius 3 is 2.47 bits per heavy atom. The lowest BCUT2D eigenvalue weighted by molar-refractivity contribution is -0.124. The van der Waals surface area contributed by atoms with Gasteiger partial charge in [-0.2, -0.15) is 0 Å². The zero-order valence-electron chi connectivity index (χ0n) is 17.9. The molecule has 1 aliphatic heterocycles. The number of allylic oxidation sites excluding steroid dienone is 2. The van der Waals surface area contributed by atoms with Gasteiger partial charge in [-0.05, 0) is 47.4 Å². The number of urea groups is 1. The van der Waals surface area contributed by atoms with Gasteiger partial charge in [-0.25, -0.2) is 9.69 Å². The molecule has 0 aromatic heterocycles. The molecule has 3 rings (SSSR count). The fourth-order valence-electron chi connectivity index (χ4n) is 4.28. The molecule has 1 N–H and O–H groups in total. The predicted octanol–water partition coefficient (Wildman–Crippen LogP) is 5.31. The first kappa shape index (κ1) is 22.9. The van der Waals surface area contributed by atoms with Gasteiger partial charge < -0.3 is 10.0 Å². The van der Waals surface area contributed by atoms with Gasteiger partial charge in [0.25, 0.3) is 5.91 Å². The Bertz CT molecular complexity index is 942. The number of carbonyl (C=O) groups excluding carboxylic acids is 2. The van der Waals surface area contributed by atoms with Crippen molar-refractivity contribution < 1.29 is 14.7 Å². The van der Waals surface area contributed by atoms with E-state index in [9.17, 15) is 14.7 Å². The molecule has 1 heterocycles. The number of rotatable bonds is 4. The topological polar surface area (TPSA) is 60.9 Å². The highest BCUT2D eigenvalue weighted by Gasteiger charge is 2.58. The first-order valence-corrected chi connectivity index (χ1v) is 10.8. The number of benzene rings is 1. The number of imide groups is 1. The maximum Gasteiger partial charge on any atom is 0.332 e. The van der Waals surface area contributed by atoms with Crippen molar-refractivity contribution in [2.24, 2.45) is 17.3 Å². The third-order valence-electron chi connectivity index (χ3n) is 7.16. The summed E-state index contributed by atoms with van der Waals surface area (Å²) in [6.45, 7) is 8.24. The minimum atomic E-state index is -1.48. The summed E-state index contributed by atoms with van der Waals surface area (Å²) in [4.78, 5) is 29.1. The average molecular weight is 451 g/mol. The summed E-state index contributed by atoms with van der Waals surface area (Å²) in [5, 5.41) is 11.0. The van der Waals surface area contributed by atoms with Gasteiger partial charge in [0.1, 0.15) is 0 Å². The third-order valence-corrected chi connectivity index (χ3v) is 7.90. The number of halogens is 2. The molecule has 2 aliphatic rings. The first-order chi connectivity index (χ1) is 14.0. The van der Waals surface area contributed by atoms with Gasteiger partial charge in [-0.1, -0.05) is 69.1 Å². The second kappa shape index (κ2) is 8.03. The van der Waals surface area contributed by atoms with Gasteiger partial charge in [0, 0.05) is 7.05 Å². The van der Waals surface area contributed by atoms with Crippen LogP contribution in [0.3, 0.4) is 0 Å². The smallest absolute Gasteiger partial charge is 0.332 e. The monoisotopic (exact) mass is 450 g/mol. The van der Waals surface area contributed by atoms with Crippen molar-refractivity contribution in [1.29, 1.82) is 0 Å². The molecule has 5 nitrogen and oxygen atoms in total. The third kappa shape index (κ3) is 3.28. The lowest BCUT2D eigenvalue weighted by Crippen LogP contribution is -2.52. The summed E-state index contributed by atoms with van der Waals surface area (Å²) in [6.07, 6.45) is 6.69. The predicted molar refractivity (Wildman–Crippen MR) is 121 cm³/mol. The quantitative estimate of drug-likeness (QED) is 0.632. The van der Waals surface area contributed by atoms with Crippen molar-refractivity contribution >= 4 is 40.8 Å². The van der Waals surface area contributed by atoms with Gasteiger partial charge >= 0.3 is 6.03 Å². The summed E-state index contributed by atoms with van der Waals surface area (Å²) in [5.74, 6) is 0.183. The van der Waals surface area contributed by atoms with Crippen molar-refractivity contribution in [1.82, 2.24) is 4.90 Å². The van der Waals surface area contributed by atoms with Crippen LogP contribution in [0.1, 0.15) is 34.1 Å². The zero-order chi connectivity index (χ0) is 22.4. The van der Waals surface area contributed by atoms with Gasteiger partial charge in [0.05, 0.1) is 22.3 Å². The standard InChI is InChI=1S/C23H28Cl2N2O3/c1-14(2)22(4)11-10-16(7-6-15(22)3)23(13-28)20(29)27(21(30)26(23)5)17-8-9-18(24)19(25)12-17/h6-10,12,14-15,28H,11,13H2,1-5H3. The molecular weight excluding hydrogens is 423 g/mol. The van der Waals surface area contributed by atoms with E-state index in [2.05, 4.69) is 33.8 Å². The van der Waals surface area contributed by atoms with Crippen LogP contribution in [0.5, 0.6) is 0 Å². The maximum atomic E-state index is 13.6. The number of aliphatic hydroxyl groups excluding tert-OH is 1. The number of aliphatic hydroxyl groups is 1. The van der Waals surface area contributed by atoms with E-state index >= 15 is 0 Å². The zero-order valence-corrected chi connectivity index (χ0v) is 19.5. The van der Waals surface area contributed by atoms with Gasteiger partial charge in [-0.3, -0.25) is 4.79 Å². The SMILES string of the molecule is CC(C)C1(C)CC=C(C2(CO)C(=O)N(c3ccc(Cl)c(Cl)c3)C(=O)N2C)C=CC1C. The molecule has 7 heteroatoms. The average Bonchev–Trinajstić information content (AvgIpc) is 2.80. The molecule has 3 atom stereocenters. The van der Waals surface area contributed by atoms with Crippen molar-refractivity contribution in [3.63, 3.8) is 0 Å². The molecule has 0 radical (unpaired) electrons.